The van der Waals surface area contributed by atoms with Crippen LogP contribution in [0.4, 0.5) is 0 Å². The summed E-state index contributed by atoms with van der Waals surface area (Å²) >= 11 is 9.27. The quantitative estimate of drug-likeness (QED) is 0.688. The third kappa shape index (κ3) is 1.99. The Morgan fingerprint density at radius 3 is 2.83 bits per heavy atom. The van der Waals surface area contributed by atoms with Crippen LogP contribution in [0, 0.1) is 5.92 Å². The van der Waals surface area contributed by atoms with Crippen molar-refractivity contribution in [2.45, 2.75) is 11.8 Å². The first-order chi connectivity index (χ1) is 5.58. The smallest absolute Gasteiger partial charge is 0.152 e. The van der Waals surface area contributed by atoms with Gasteiger partial charge in [-0.15, -0.1) is 11.6 Å². The first-order valence-electron chi connectivity index (χ1n) is 3.71. The van der Waals surface area contributed by atoms with Gasteiger partial charge in [-0.05, 0) is 6.92 Å². The van der Waals surface area contributed by atoms with E-state index in [0.29, 0.717) is 5.33 Å². The summed E-state index contributed by atoms with van der Waals surface area (Å²) in [5.74, 6) is -0.0864. The molecule has 0 aliphatic heterocycles. The molecule has 3 heteroatoms. The van der Waals surface area contributed by atoms with Gasteiger partial charge in [-0.2, -0.15) is 0 Å². The second-order valence-electron chi connectivity index (χ2n) is 2.97. The third-order valence-electron chi connectivity index (χ3n) is 1.92. The lowest BCUT2D eigenvalue weighted by Crippen LogP contribution is -2.33. The summed E-state index contributed by atoms with van der Waals surface area (Å²) in [6, 6.07) is 0. The van der Waals surface area contributed by atoms with E-state index in [2.05, 4.69) is 15.9 Å². The summed E-state index contributed by atoms with van der Waals surface area (Å²) in [6.45, 7) is 1.85. The average molecular weight is 250 g/mol. The van der Waals surface area contributed by atoms with Gasteiger partial charge in [0.2, 0.25) is 0 Å². The van der Waals surface area contributed by atoms with Crippen molar-refractivity contribution in [2.24, 2.45) is 5.92 Å². The van der Waals surface area contributed by atoms with Gasteiger partial charge < -0.3 is 0 Å². The van der Waals surface area contributed by atoms with Gasteiger partial charge in [0, 0.05) is 0 Å². The topological polar surface area (TPSA) is 17.1 Å². The highest BCUT2D eigenvalue weighted by atomic mass is 79.9. The summed E-state index contributed by atoms with van der Waals surface area (Å²) in [5.41, 5.74) is 0. The highest BCUT2D eigenvalue weighted by molar-refractivity contribution is 9.09. The van der Waals surface area contributed by atoms with Gasteiger partial charge in [0.1, 0.15) is 0 Å². The summed E-state index contributed by atoms with van der Waals surface area (Å²) in [4.78, 5) is 10.8. The van der Waals surface area contributed by atoms with Crippen molar-refractivity contribution in [1.29, 1.82) is 0 Å². The molecular formula is C9H10BrClO. The number of alkyl halides is 2. The fourth-order valence-electron chi connectivity index (χ4n) is 1.22. The maximum absolute atomic E-state index is 11.4. The molecule has 0 aromatic rings. The van der Waals surface area contributed by atoms with Crippen LogP contribution in [0.25, 0.3) is 0 Å². The molecule has 0 saturated heterocycles. The minimum Gasteiger partial charge on any atom is -0.298 e. The number of hydrogen-bond donors (Lipinski definition) is 0. The molecule has 0 aromatic carbocycles. The summed E-state index contributed by atoms with van der Waals surface area (Å²) in [6.07, 6.45) is 7.41. The molecule has 0 bridgehead atoms. The molecule has 1 aliphatic rings. The van der Waals surface area contributed by atoms with E-state index in [1.54, 1.807) is 0 Å². The second kappa shape index (κ2) is 3.75. The van der Waals surface area contributed by atoms with Gasteiger partial charge in [-0.25, -0.2) is 0 Å². The van der Waals surface area contributed by atoms with Gasteiger partial charge >= 0.3 is 0 Å². The van der Waals surface area contributed by atoms with Crippen LogP contribution in [0.3, 0.4) is 0 Å². The number of ketones is 1. The third-order valence-corrected chi connectivity index (χ3v) is 2.84. The van der Waals surface area contributed by atoms with E-state index in [-0.39, 0.29) is 11.7 Å². The van der Waals surface area contributed by atoms with Crippen LogP contribution in [0.15, 0.2) is 24.3 Å². The first kappa shape index (κ1) is 10.0. The molecule has 0 heterocycles. The molecule has 1 rings (SSSR count). The van der Waals surface area contributed by atoms with Crippen LogP contribution in [-0.4, -0.2) is 16.0 Å². The van der Waals surface area contributed by atoms with E-state index in [4.69, 9.17) is 11.6 Å². The van der Waals surface area contributed by atoms with Gasteiger partial charge in [-0.3, -0.25) is 4.79 Å². The van der Waals surface area contributed by atoms with Crippen LogP contribution in [0.5, 0.6) is 0 Å². The van der Waals surface area contributed by atoms with Crippen molar-refractivity contribution in [2.75, 3.05) is 5.33 Å². The fraction of sp³-hybridized carbons (Fsp3) is 0.444. The van der Waals surface area contributed by atoms with Crippen molar-refractivity contribution in [1.82, 2.24) is 0 Å². The summed E-state index contributed by atoms with van der Waals surface area (Å²) < 4.78 is 0. The number of Topliss-reactive ketones (excluding diaryl/α,β-unsaturated/α-hetero) is 1. The number of carbonyl (C=O) groups excluding carboxylic acids is 1. The van der Waals surface area contributed by atoms with Gasteiger partial charge in [0.15, 0.2) is 5.78 Å². The lowest BCUT2D eigenvalue weighted by atomic mass is 9.86. The largest absolute Gasteiger partial charge is 0.298 e. The molecule has 66 valence electrons. The van der Waals surface area contributed by atoms with Gasteiger partial charge in [0.25, 0.3) is 0 Å². The monoisotopic (exact) mass is 248 g/mol. The lowest BCUT2D eigenvalue weighted by Gasteiger charge is -2.27. The average Bonchev–Trinajstić information content (AvgIpc) is 2.02. The van der Waals surface area contributed by atoms with Crippen molar-refractivity contribution in [3.05, 3.63) is 24.3 Å². The van der Waals surface area contributed by atoms with Crippen molar-refractivity contribution >= 4 is 33.3 Å². The van der Waals surface area contributed by atoms with Crippen LogP contribution < -0.4 is 0 Å². The predicted octanol–water partition coefficient (Wildman–Crippen LogP) is 2.69. The summed E-state index contributed by atoms with van der Waals surface area (Å²) in [7, 11) is 0. The standard InChI is InChI=1S/C9H10BrClO/c1-9(11)5-3-2-4-7(9)8(12)6-10/h2-5,7H,6H2,1H3. The Labute approximate surface area is 85.6 Å². The molecule has 0 N–H and O–H groups in total. The van der Waals surface area contributed by atoms with E-state index in [9.17, 15) is 4.79 Å². The number of rotatable bonds is 2. The second-order valence-corrected chi connectivity index (χ2v) is 4.35. The van der Waals surface area contributed by atoms with Crippen LogP contribution in [0.2, 0.25) is 0 Å². The molecule has 0 saturated carbocycles. The number of halogens is 2. The molecule has 0 fully saturated rings. The number of allylic oxidation sites excluding steroid dienone is 4. The van der Waals surface area contributed by atoms with Crippen molar-refractivity contribution in [3.63, 3.8) is 0 Å². The van der Waals surface area contributed by atoms with Crippen molar-refractivity contribution in [3.8, 4) is 0 Å². The molecule has 12 heavy (non-hydrogen) atoms. The molecule has 0 radical (unpaired) electrons. The Morgan fingerprint density at radius 1 is 1.67 bits per heavy atom. The van der Waals surface area contributed by atoms with E-state index in [0.717, 1.165) is 0 Å². The zero-order valence-electron chi connectivity index (χ0n) is 6.76. The predicted molar refractivity (Wildman–Crippen MR) is 54.8 cm³/mol. The molecular weight excluding hydrogens is 239 g/mol. The highest BCUT2D eigenvalue weighted by Gasteiger charge is 2.33. The molecule has 2 atom stereocenters. The Balaban J connectivity index is 2.84. The zero-order chi connectivity index (χ0) is 9.19. The molecule has 2 unspecified atom stereocenters. The minimum atomic E-state index is -0.556. The molecule has 0 aromatic heterocycles. The molecule has 0 amide bonds. The molecule has 1 aliphatic carbocycles. The lowest BCUT2D eigenvalue weighted by molar-refractivity contribution is -0.119. The Hall–Kier alpha value is -0.0800. The first-order valence-corrected chi connectivity index (χ1v) is 5.21. The molecule has 1 nitrogen and oxygen atoms in total. The van der Waals surface area contributed by atoms with E-state index >= 15 is 0 Å². The van der Waals surface area contributed by atoms with Gasteiger partial charge in [-0.1, -0.05) is 40.2 Å². The number of hydrogen-bond acceptors (Lipinski definition) is 1. The van der Waals surface area contributed by atoms with Crippen LogP contribution >= 0.6 is 27.5 Å². The maximum Gasteiger partial charge on any atom is 0.152 e. The maximum atomic E-state index is 11.4. The SMILES string of the molecule is CC1(Cl)C=CC=CC1C(=O)CBr. The number of carbonyl (C=O) groups is 1. The van der Waals surface area contributed by atoms with Crippen LogP contribution in [0.1, 0.15) is 6.92 Å². The highest BCUT2D eigenvalue weighted by Crippen LogP contribution is 2.31. The Kier molecular flexibility index (Phi) is 3.13. The molecule has 0 spiro atoms. The van der Waals surface area contributed by atoms with E-state index in [1.165, 1.54) is 0 Å². The van der Waals surface area contributed by atoms with Gasteiger partial charge in [0.05, 0.1) is 16.1 Å². The van der Waals surface area contributed by atoms with E-state index < -0.39 is 4.87 Å². The normalized spacial score (nSPS) is 33.8. The Bertz CT molecular complexity index is 243. The Morgan fingerprint density at radius 2 is 2.33 bits per heavy atom. The zero-order valence-corrected chi connectivity index (χ0v) is 9.10. The minimum absolute atomic E-state index is 0.119. The summed E-state index contributed by atoms with van der Waals surface area (Å²) in [5, 5.41) is 0.359. The fourth-order valence-corrected chi connectivity index (χ4v) is 1.83. The van der Waals surface area contributed by atoms with Crippen molar-refractivity contribution < 1.29 is 4.79 Å². The van der Waals surface area contributed by atoms with Crippen LogP contribution in [-0.2, 0) is 4.79 Å². The van der Waals surface area contributed by atoms with E-state index in [1.807, 2.05) is 31.2 Å².